The van der Waals surface area contributed by atoms with Gasteiger partial charge in [0.15, 0.2) is 0 Å². The van der Waals surface area contributed by atoms with Crippen LogP contribution in [0.3, 0.4) is 0 Å². The van der Waals surface area contributed by atoms with Crippen molar-refractivity contribution in [3.05, 3.63) is 41.9 Å². The summed E-state index contributed by atoms with van der Waals surface area (Å²) >= 11 is 0. The van der Waals surface area contributed by atoms with E-state index >= 15 is 0 Å². The van der Waals surface area contributed by atoms with Crippen molar-refractivity contribution in [3.8, 4) is 11.3 Å². The van der Waals surface area contributed by atoms with Gasteiger partial charge >= 0.3 is 0 Å². The van der Waals surface area contributed by atoms with Gasteiger partial charge in [0, 0.05) is 0 Å². The fourth-order valence-electron chi connectivity index (χ4n) is 1.49. The molecule has 2 heteroatoms. The van der Waals surface area contributed by atoms with E-state index in [4.69, 9.17) is 0 Å². The van der Waals surface area contributed by atoms with Crippen molar-refractivity contribution in [2.24, 2.45) is 0 Å². The highest BCUT2D eigenvalue weighted by Gasteiger charge is 1.99. The Labute approximate surface area is 84.0 Å². The summed E-state index contributed by atoms with van der Waals surface area (Å²) in [5.41, 5.74) is 3.65. The molecule has 1 aromatic heterocycles. The lowest BCUT2D eigenvalue weighted by atomic mass is 10.1. The van der Waals surface area contributed by atoms with Crippen LogP contribution in [-0.2, 0) is 6.42 Å². The molecule has 0 fully saturated rings. The largest absolute Gasteiger partial charge is 0.342 e. The van der Waals surface area contributed by atoms with E-state index in [1.165, 1.54) is 11.1 Å². The molecule has 1 aromatic carbocycles. The molecule has 0 aliphatic carbocycles. The third kappa shape index (κ3) is 1.69. The van der Waals surface area contributed by atoms with E-state index in [2.05, 4.69) is 41.2 Å². The van der Waals surface area contributed by atoms with Gasteiger partial charge in [0.25, 0.3) is 0 Å². The predicted molar refractivity (Wildman–Crippen MR) is 58.1 cm³/mol. The Morgan fingerprint density at radius 1 is 1.21 bits per heavy atom. The number of nitrogens with one attached hydrogen (secondary N) is 1. The molecule has 1 N–H and O–H groups in total. The molecular formula is C12H14N2. The van der Waals surface area contributed by atoms with Crippen molar-refractivity contribution in [3.63, 3.8) is 0 Å². The average Bonchev–Trinajstić information content (AvgIpc) is 2.65. The zero-order chi connectivity index (χ0) is 9.97. The van der Waals surface area contributed by atoms with E-state index in [-0.39, 0.29) is 0 Å². The Morgan fingerprint density at radius 2 is 1.93 bits per heavy atom. The zero-order valence-corrected chi connectivity index (χ0v) is 8.54. The van der Waals surface area contributed by atoms with Crippen LogP contribution < -0.4 is 0 Å². The molecule has 0 radical (unpaired) electrons. The number of rotatable bonds is 2. The molecule has 2 rings (SSSR count). The molecule has 0 aliphatic heterocycles. The van der Waals surface area contributed by atoms with Gasteiger partial charge in [-0.05, 0) is 24.5 Å². The summed E-state index contributed by atoms with van der Waals surface area (Å²) in [5, 5.41) is 0. The van der Waals surface area contributed by atoms with Crippen molar-refractivity contribution in [1.29, 1.82) is 0 Å². The quantitative estimate of drug-likeness (QED) is 0.767. The number of aromatic nitrogens is 2. The highest BCUT2D eigenvalue weighted by molar-refractivity contribution is 5.58. The number of aryl methyl sites for hydroxylation is 2. The Morgan fingerprint density at radius 3 is 2.43 bits per heavy atom. The van der Waals surface area contributed by atoms with Gasteiger partial charge in [0.2, 0.25) is 0 Å². The molecule has 0 saturated carbocycles. The van der Waals surface area contributed by atoms with E-state index in [0.29, 0.717) is 0 Å². The first kappa shape index (κ1) is 9.00. The maximum Gasteiger partial charge on any atom is 0.103 e. The van der Waals surface area contributed by atoms with Crippen LogP contribution in [0.25, 0.3) is 11.3 Å². The third-order valence-corrected chi connectivity index (χ3v) is 2.38. The maximum absolute atomic E-state index is 4.18. The minimum absolute atomic E-state index is 0.958. The number of nitrogens with zero attached hydrogens (tertiary/aromatic N) is 1. The Hall–Kier alpha value is -1.57. The van der Waals surface area contributed by atoms with Crippen LogP contribution in [0.2, 0.25) is 0 Å². The summed E-state index contributed by atoms with van der Waals surface area (Å²) in [6.45, 7) is 4.12. The molecule has 0 unspecified atom stereocenters. The van der Waals surface area contributed by atoms with Gasteiger partial charge in [0.1, 0.15) is 5.82 Å². The lowest BCUT2D eigenvalue weighted by molar-refractivity contribution is 1.14. The lowest BCUT2D eigenvalue weighted by Gasteiger charge is -1.99. The van der Waals surface area contributed by atoms with E-state index in [1.807, 2.05) is 13.1 Å². The fraction of sp³-hybridized carbons (Fsp3) is 0.250. The monoisotopic (exact) mass is 186 g/mol. The molecule has 14 heavy (non-hydrogen) atoms. The first-order valence-corrected chi connectivity index (χ1v) is 4.90. The number of benzene rings is 1. The highest BCUT2D eigenvalue weighted by Crippen LogP contribution is 2.17. The topological polar surface area (TPSA) is 28.7 Å². The molecule has 1 heterocycles. The number of aromatic amines is 1. The minimum atomic E-state index is 0.958. The van der Waals surface area contributed by atoms with E-state index < -0.39 is 0 Å². The van der Waals surface area contributed by atoms with Gasteiger partial charge in [-0.3, -0.25) is 0 Å². The summed E-state index contributed by atoms with van der Waals surface area (Å²) in [6, 6.07) is 8.58. The van der Waals surface area contributed by atoms with Gasteiger partial charge in [-0.15, -0.1) is 0 Å². The Bertz CT molecular complexity index is 412. The van der Waals surface area contributed by atoms with Crippen LogP contribution >= 0.6 is 0 Å². The molecule has 0 spiro atoms. The standard InChI is InChI=1S/C12H14N2/c1-3-10-4-6-11(7-5-10)12-8-13-9(2)14-12/h4-8H,3H2,1-2H3,(H,13,14). The van der Waals surface area contributed by atoms with Crippen molar-refractivity contribution >= 4 is 0 Å². The molecule has 0 saturated heterocycles. The van der Waals surface area contributed by atoms with Gasteiger partial charge in [-0.2, -0.15) is 0 Å². The fourth-order valence-corrected chi connectivity index (χ4v) is 1.49. The third-order valence-electron chi connectivity index (χ3n) is 2.38. The SMILES string of the molecule is CCc1ccc(-c2cnc(C)[nH]2)cc1. The smallest absolute Gasteiger partial charge is 0.103 e. The number of hydrogen-bond donors (Lipinski definition) is 1. The second-order valence-electron chi connectivity index (χ2n) is 3.43. The van der Waals surface area contributed by atoms with Crippen LogP contribution in [0.1, 0.15) is 18.3 Å². The van der Waals surface area contributed by atoms with Crippen LogP contribution in [0.4, 0.5) is 0 Å². The molecular weight excluding hydrogens is 172 g/mol. The van der Waals surface area contributed by atoms with Gasteiger partial charge < -0.3 is 4.98 Å². The van der Waals surface area contributed by atoms with Crippen LogP contribution in [0.5, 0.6) is 0 Å². The normalized spacial score (nSPS) is 10.4. The van der Waals surface area contributed by atoms with Gasteiger partial charge in [0.05, 0.1) is 11.9 Å². The Kier molecular flexibility index (Phi) is 2.35. The summed E-state index contributed by atoms with van der Waals surface area (Å²) in [7, 11) is 0. The summed E-state index contributed by atoms with van der Waals surface area (Å²) in [4.78, 5) is 7.40. The zero-order valence-electron chi connectivity index (χ0n) is 8.54. The maximum atomic E-state index is 4.18. The second-order valence-corrected chi connectivity index (χ2v) is 3.43. The van der Waals surface area contributed by atoms with Gasteiger partial charge in [-0.25, -0.2) is 4.98 Å². The molecule has 0 bridgehead atoms. The van der Waals surface area contributed by atoms with Crippen LogP contribution in [0, 0.1) is 6.92 Å². The van der Waals surface area contributed by atoms with Crippen molar-refractivity contribution in [2.75, 3.05) is 0 Å². The molecule has 2 nitrogen and oxygen atoms in total. The van der Waals surface area contributed by atoms with Crippen molar-refractivity contribution in [1.82, 2.24) is 9.97 Å². The van der Waals surface area contributed by atoms with Crippen molar-refractivity contribution in [2.45, 2.75) is 20.3 Å². The molecule has 0 atom stereocenters. The van der Waals surface area contributed by atoms with E-state index in [1.54, 1.807) is 0 Å². The van der Waals surface area contributed by atoms with E-state index in [0.717, 1.165) is 17.9 Å². The van der Waals surface area contributed by atoms with Crippen molar-refractivity contribution < 1.29 is 0 Å². The number of hydrogen-bond acceptors (Lipinski definition) is 1. The van der Waals surface area contributed by atoms with Crippen LogP contribution in [0.15, 0.2) is 30.5 Å². The minimum Gasteiger partial charge on any atom is -0.342 e. The summed E-state index contributed by atoms with van der Waals surface area (Å²) < 4.78 is 0. The molecule has 0 aliphatic rings. The molecule has 2 aromatic rings. The summed E-state index contributed by atoms with van der Waals surface area (Å²) in [6.07, 6.45) is 2.96. The number of imidazole rings is 1. The van der Waals surface area contributed by atoms with Crippen LogP contribution in [-0.4, -0.2) is 9.97 Å². The first-order valence-electron chi connectivity index (χ1n) is 4.90. The molecule has 0 amide bonds. The predicted octanol–water partition coefficient (Wildman–Crippen LogP) is 2.95. The highest BCUT2D eigenvalue weighted by atomic mass is 14.9. The van der Waals surface area contributed by atoms with Gasteiger partial charge in [-0.1, -0.05) is 31.2 Å². The van der Waals surface area contributed by atoms with E-state index in [9.17, 15) is 0 Å². The average molecular weight is 186 g/mol. The Balaban J connectivity index is 2.33. The first-order chi connectivity index (χ1) is 6.79. The lowest BCUT2D eigenvalue weighted by Crippen LogP contribution is -1.81. The molecule has 72 valence electrons. The summed E-state index contributed by atoms with van der Waals surface area (Å²) in [5.74, 6) is 0.958. The number of H-pyrrole nitrogens is 1. The second kappa shape index (κ2) is 3.66.